The molecular weight excluding hydrogens is 517 g/mol. The van der Waals surface area contributed by atoms with Gasteiger partial charge in [0.25, 0.3) is 5.91 Å². The highest BCUT2D eigenvalue weighted by atomic mass is 127. The molecule has 1 heterocycles. The van der Waals surface area contributed by atoms with Crippen LogP contribution in [0.25, 0.3) is 0 Å². The van der Waals surface area contributed by atoms with E-state index in [9.17, 15) is 4.79 Å². The molecule has 2 rings (SSSR count). The number of morpholine rings is 1. The Morgan fingerprint density at radius 2 is 1.77 bits per heavy atom. The zero-order valence-corrected chi connectivity index (χ0v) is 21.2. The van der Waals surface area contributed by atoms with E-state index in [1.54, 1.807) is 31.3 Å². The van der Waals surface area contributed by atoms with E-state index in [1.165, 1.54) is 0 Å². The second kappa shape index (κ2) is 14.8. The van der Waals surface area contributed by atoms with E-state index < -0.39 is 0 Å². The summed E-state index contributed by atoms with van der Waals surface area (Å²) in [5.74, 6) is 1.26. The lowest BCUT2D eigenvalue weighted by atomic mass is 10.0. The lowest BCUT2D eigenvalue weighted by Crippen LogP contribution is -2.51. The number of halogens is 2. The number of carbonyl (C=O) groups excluding carboxylic acids is 1. The number of hydrogen-bond donors (Lipinski definition) is 3. The molecule has 1 aliphatic rings. The SMILES string of the molecule is CN=C(NCCNC(=O)c1ccc(Cl)cc1)NCC(CC(C)C)N1CCOCC1.I. The number of aliphatic imine (C=N–C) groups is 1. The minimum absolute atomic E-state index is 0. The number of hydrogen-bond acceptors (Lipinski definition) is 4. The molecule has 1 aromatic rings. The smallest absolute Gasteiger partial charge is 0.251 e. The third kappa shape index (κ3) is 9.80. The number of ether oxygens (including phenoxy) is 1. The number of nitrogens with zero attached hydrogens (tertiary/aromatic N) is 2. The molecule has 1 unspecified atom stereocenters. The lowest BCUT2D eigenvalue weighted by Gasteiger charge is -2.35. The number of benzene rings is 1. The molecule has 1 aromatic carbocycles. The molecule has 0 spiro atoms. The van der Waals surface area contributed by atoms with Crippen LogP contribution in [-0.2, 0) is 4.74 Å². The van der Waals surface area contributed by atoms with Gasteiger partial charge < -0.3 is 20.7 Å². The lowest BCUT2D eigenvalue weighted by molar-refractivity contribution is 0.0132. The molecule has 1 saturated heterocycles. The van der Waals surface area contributed by atoms with E-state index in [0.29, 0.717) is 35.6 Å². The van der Waals surface area contributed by atoms with Crippen molar-refractivity contribution in [1.29, 1.82) is 0 Å². The van der Waals surface area contributed by atoms with Crippen molar-refractivity contribution in [2.75, 3.05) is 53.0 Å². The van der Waals surface area contributed by atoms with Crippen molar-refractivity contribution in [2.45, 2.75) is 26.3 Å². The predicted molar refractivity (Wildman–Crippen MR) is 134 cm³/mol. The number of amides is 1. The normalized spacial score (nSPS) is 16.0. The zero-order valence-electron chi connectivity index (χ0n) is 18.1. The minimum atomic E-state index is -0.115. The number of carbonyl (C=O) groups is 1. The monoisotopic (exact) mass is 551 g/mol. The Balaban J connectivity index is 0.00000450. The van der Waals surface area contributed by atoms with Crippen LogP contribution in [-0.4, -0.2) is 75.8 Å². The molecule has 30 heavy (non-hydrogen) atoms. The average molecular weight is 552 g/mol. The zero-order chi connectivity index (χ0) is 21.1. The highest BCUT2D eigenvalue weighted by Crippen LogP contribution is 2.13. The van der Waals surface area contributed by atoms with Crippen molar-refractivity contribution in [3.8, 4) is 0 Å². The van der Waals surface area contributed by atoms with Gasteiger partial charge in [-0.3, -0.25) is 14.7 Å². The first kappa shape index (κ1) is 26.9. The second-order valence-electron chi connectivity index (χ2n) is 7.57. The van der Waals surface area contributed by atoms with Gasteiger partial charge in [-0.15, -0.1) is 24.0 Å². The molecule has 1 fully saturated rings. The van der Waals surface area contributed by atoms with Crippen molar-refractivity contribution in [3.05, 3.63) is 34.9 Å². The Hall–Kier alpha value is -1.10. The Kier molecular flexibility index (Phi) is 13.3. The number of nitrogens with one attached hydrogen (secondary N) is 3. The summed E-state index contributed by atoms with van der Waals surface area (Å²) in [5.41, 5.74) is 0.596. The van der Waals surface area contributed by atoms with Crippen LogP contribution in [0.3, 0.4) is 0 Å². The summed E-state index contributed by atoms with van der Waals surface area (Å²) in [7, 11) is 1.76. The van der Waals surface area contributed by atoms with Gasteiger partial charge in [-0.1, -0.05) is 25.4 Å². The highest BCUT2D eigenvalue weighted by molar-refractivity contribution is 14.0. The quantitative estimate of drug-likeness (QED) is 0.190. The van der Waals surface area contributed by atoms with Gasteiger partial charge >= 0.3 is 0 Å². The molecule has 0 aromatic heterocycles. The first-order valence-electron chi connectivity index (χ1n) is 10.3. The van der Waals surface area contributed by atoms with Crippen LogP contribution in [0, 0.1) is 5.92 Å². The minimum Gasteiger partial charge on any atom is -0.379 e. The molecule has 0 radical (unpaired) electrons. The van der Waals surface area contributed by atoms with Crippen molar-refractivity contribution in [3.63, 3.8) is 0 Å². The van der Waals surface area contributed by atoms with Crippen LogP contribution in [0.15, 0.2) is 29.3 Å². The summed E-state index contributed by atoms with van der Waals surface area (Å²) < 4.78 is 5.48. The van der Waals surface area contributed by atoms with Gasteiger partial charge in [0.15, 0.2) is 5.96 Å². The fourth-order valence-electron chi connectivity index (χ4n) is 3.34. The van der Waals surface area contributed by atoms with E-state index in [1.807, 2.05) is 0 Å². The van der Waals surface area contributed by atoms with Crippen LogP contribution in [0.4, 0.5) is 0 Å². The molecule has 3 N–H and O–H groups in total. The number of rotatable bonds is 9. The van der Waals surface area contributed by atoms with Gasteiger partial charge in [0.05, 0.1) is 13.2 Å². The fourth-order valence-corrected chi connectivity index (χ4v) is 3.47. The summed E-state index contributed by atoms with van der Waals surface area (Å²) in [6.07, 6.45) is 1.13. The third-order valence-corrected chi connectivity index (χ3v) is 5.10. The predicted octanol–water partition coefficient (Wildman–Crippen LogP) is 2.60. The molecular formula is C21H35ClIN5O2. The molecule has 0 bridgehead atoms. The molecule has 170 valence electrons. The van der Waals surface area contributed by atoms with Crippen molar-refractivity contribution >= 4 is 47.4 Å². The standard InChI is InChI=1S/C21H34ClN5O2.HI/c1-16(2)14-19(27-10-12-29-13-11-27)15-26-21(23-3)25-9-8-24-20(28)17-4-6-18(22)7-5-17;/h4-7,16,19H,8-15H2,1-3H3,(H,24,28)(H2,23,25,26);1H. The van der Waals surface area contributed by atoms with E-state index in [4.69, 9.17) is 16.3 Å². The molecule has 9 heteroatoms. The first-order chi connectivity index (χ1) is 14.0. The molecule has 1 aliphatic heterocycles. The Morgan fingerprint density at radius 1 is 1.13 bits per heavy atom. The van der Waals surface area contributed by atoms with E-state index in [0.717, 1.165) is 45.2 Å². The van der Waals surface area contributed by atoms with Crippen molar-refractivity contribution in [1.82, 2.24) is 20.9 Å². The maximum Gasteiger partial charge on any atom is 0.251 e. The van der Waals surface area contributed by atoms with Crippen LogP contribution < -0.4 is 16.0 Å². The topological polar surface area (TPSA) is 78.0 Å². The summed E-state index contributed by atoms with van der Waals surface area (Å²) >= 11 is 5.85. The van der Waals surface area contributed by atoms with E-state index >= 15 is 0 Å². The maximum absolute atomic E-state index is 12.1. The molecule has 0 saturated carbocycles. The number of guanidine groups is 1. The Labute approximate surface area is 202 Å². The molecule has 7 nitrogen and oxygen atoms in total. The van der Waals surface area contributed by atoms with Gasteiger partial charge in [-0.05, 0) is 36.6 Å². The van der Waals surface area contributed by atoms with Crippen LogP contribution in [0.1, 0.15) is 30.6 Å². The van der Waals surface area contributed by atoms with Gasteiger partial charge in [-0.2, -0.15) is 0 Å². The Bertz CT molecular complexity index is 651. The van der Waals surface area contributed by atoms with Gasteiger partial charge in [0.2, 0.25) is 0 Å². The van der Waals surface area contributed by atoms with Crippen molar-refractivity contribution < 1.29 is 9.53 Å². The van der Waals surface area contributed by atoms with E-state index in [2.05, 4.69) is 39.7 Å². The third-order valence-electron chi connectivity index (χ3n) is 4.84. The van der Waals surface area contributed by atoms with Crippen molar-refractivity contribution in [2.24, 2.45) is 10.9 Å². The summed E-state index contributed by atoms with van der Waals surface area (Å²) in [6.45, 7) is 9.97. The van der Waals surface area contributed by atoms with Gasteiger partial charge in [0, 0.05) is 56.4 Å². The largest absolute Gasteiger partial charge is 0.379 e. The van der Waals surface area contributed by atoms with E-state index in [-0.39, 0.29) is 29.9 Å². The molecule has 0 aliphatic carbocycles. The Morgan fingerprint density at radius 3 is 2.37 bits per heavy atom. The van der Waals surface area contributed by atoms with Gasteiger partial charge in [-0.25, -0.2) is 0 Å². The summed E-state index contributed by atoms with van der Waals surface area (Å²) in [5, 5.41) is 10.2. The van der Waals surface area contributed by atoms with Gasteiger partial charge in [0.1, 0.15) is 0 Å². The highest BCUT2D eigenvalue weighted by Gasteiger charge is 2.22. The first-order valence-corrected chi connectivity index (χ1v) is 10.7. The fraction of sp³-hybridized carbons (Fsp3) is 0.619. The maximum atomic E-state index is 12.1. The van der Waals surface area contributed by atoms with Crippen LogP contribution in [0.2, 0.25) is 5.02 Å². The summed E-state index contributed by atoms with van der Waals surface area (Å²) in [6, 6.07) is 7.30. The summed E-state index contributed by atoms with van der Waals surface area (Å²) in [4.78, 5) is 18.9. The average Bonchev–Trinajstić information content (AvgIpc) is 2.73. The van der Waals surface area contributed by atoms with Crippen LogP contribution in [0.5, 0.6) is 0 Å². The molecule has 1 amide bonds. The molecule has 1 atom stereocenters. The van der Waals surface area contributed by atoms with Crippen LogP contribution >= 0.6 is 35.6 Å². The second-order valence-corrected chi connectivity index (χ2v) is 8.01.